The van der Waals surface area contributed by atoms with Crippen LogP contribution < -0.4 is 10.6 Å². The minimum Gasteiger partial charge on any atom is -0.466 e. The van der Waals surface area contributed by atoms with Crippen LogP contribution in [0.15, 0.2) is 33.4 Å². The van der Waals surface area contributed by atoms with Crippen molar-refractivity contribution in [3.8, 4) is 0 Å². The van der Waals surface area contributed by atoms with Crippen molar-refractivity contribution in [3.63, 3.8) is 0 Å². The predicted molar refractivity (Wildman–Crippen MR) is 79.1 cm³/mol. The smallest absolute Gasteiger partial charge is 0.315 e. The average Bonchev–Trinajstić information content (AvgIpc) is 3.13. The average molecular weight is 307 g/mol. The van der Waals surface area contributed by atoms with E-state index >= 15 is 0 Å². The Morgan fingerprint density at radius 2 is 2.23 bits per heavy atom. The molecule has 0 fully saturated rings. The van der Waals surface area contributed by atoms with Gasteiger partial charge in [0, 0.05) is 6.07 Å². The van der Waals surface area contributed by atoms with Gasteiger partial charge in [0.1, 0.15) is 11.4 Å². The van der Waals surface area contributed by atoms with Gasteiger partial charge in [0.2, 0.25) is 0 Å². The summed E-state index contributed by atoms with van der Waals surface area (Å²) < 4.78 is 10.3. The van der Waals surface area contributed by atoms with Crippen molar-refractivity contribution in [2.75, 3.05) is 6.54 Å². The van der Waals surface area contributed by atoms with Crippen LogP contribution in [0.1, 0.15) is 43.9 Å². The number of carbonyl (C=O) groups excluding carboxylic acids is 1. The van der Waals surface area contributed by atoms with Gasteiger partial charge in [-0.15, -0.1) is 0 Å². The molecule has 2 rings (SSSR count). The van der Waals surface area contributed by atoms with Gasteiger partial charge < -0.3 is 24.7 Å². The molecular formula is C15H21N3O4. The molecule has 0 aliphatic heterocycles. The summed E-state index contributed by atoms with van der Waals surface area (Å²) in [6.45, 7) is 5.85. The predicted octanol–water partition coefficient (Wildman–Crippen LogP) is 2.10. The third-order valence-electron chi connectivity index (χ3n) is 3.24. The maximum atomic E-state index is 11.7. The van der Waals surface area contributed by atoms with Crippen LogP contribution in [0.25, 0.3) is 0 Å². The number of hydrogen-bond donors (Lipinski definition) is 3. The molecule has 0 aliphatic rings. The van der Waals surface area contributed by atoms with Crippen molar-refractivity contribution in [1.29, 1.82) is 0 Å². The number of carbonyl (C=O) groups is 1. The molecule has 22 heavy (non-hydrogen) atoms. The highest BCUT2D eigenvalue weighted by Gasteiger charge is 2.26. The fourth-order valence-electron chi connectivity index (χ4n) is 1.84. The molecule has 2 amide bonds. The van der Waals surface area contributed by atoms with Crippen molar-refractivity contribution in [2.24, 2.45) is 0 Å². The van der Waals surface area contributed by atoms with Crippen molar-refractivity contribution in [1.82, 2.24) is 15.8 Å². The summed E-state index contributed by atoms with van der Waals surface area (Å²) in [7, 11) is 0. The number of nitrogens with zero attached hydrogens (tertiary/aromatic N) is 1. The number of amides is 2. The zero-order chi connectivity index (χ0) is 16.2. The fraction of sp³-hybridized carbons (Fsp3) is 0.467. The number of rotatable bonds is 6. The first-order valence-electron chi connectivity index (χ1n) is 7.12. The van der Waals surface area contributed by atoms with Crippen molar-refractivity contribution in [2.45, 2.75) is 38.8 Å². The molecule has 7 nitrogen and oxygen atoms in total. The van der Waals surface area contributed by atoms with Crippen LogP contribution in [-0.4, -0.2) is 22.8 Å². The maximum absolute atomic E-state index is 11.7. The van der Waals surface area contributed by atoms with E-state index in [-0.39, 0.29) is 19.0 Å². The number of hydrogen-bond acceptors (Lipinski definition) is 5. The minimum absolute atomic E-state index is 0.0278. The molecule has 2 heterocycles. The maximum Gasteiger partial charge on any atom is 0.315 e. The molecule has 2 aromatic rings. The summed E-state index contributed by atoms with van der Waals surface area (Å²) in [6, 6.07) is 4.74. The first-order valence-corrected chi connectivity index (χ1v) is 7.12. The van der Waals surface area contributed by atoms with E-state index in [0.717, 1.165) is 5.69 Å². The molecule has 0 bridgehead atoms. The van der Waals surface area contributed by atoms with E-state index in [4.69, 9.17) is 8.94 Å². The standard InChI is InChI=1S/C15H21N3O4/c1-10(2)12-7-11(22-18-12)8-16-14(19)17-9-15(3,20)13-5-4-6-21-13/h4-7,10,20H,8-9H2,1-3H3,(H2,16,17,19). The number of furan rings is 1. The second kappa shape index (κ2) is 6.65. The van der Waals surface area contributed by atoms with E-state index < -0.39 is 11.6 Å². The molecule has 3 N–H and O–H groups in total. The Kier molecular flexibility index (Phi) is 4.87. The topological polar surface area (TPSA) is 101 Å². The van der Waals surface area contributed by atoms with E-state index in [2.05, 4.69) is 15.8 Å². The molecule has 1 atom stereocenters. The largest absolute Gasteiger partial charge is 0.466 e. The van der Waals surface area contributed by atoms with Gasteiger partial charge in [-0.25, -0.2) is 4.79 Å². The van der Waals surface area contributed by atoms with Gasteiger partial charge in [0.05, 0.1) is 25.0 Å². The second-order valence-electron chi connectivity index (χ2n) is 5.66. The van der Waals surface area contributed by atoms with Crippen LogP contribution in [0.5, 0.6) is 0 Å². The highest BCUT2D eigenvalue weighted by molar-refractivity contribution is 5.73. The summed E-state index contributed by atoms with van der Waals surface area (Å²) in [6.07, 6.45) is 1.47. The number of aliphatic hydroxyl groups is 1. The Balaban J connectivity index is 1.78. The van der Waals surface area contributed by atoms with Gasteiger partial charge >= 0.3 is 6.03 Å². The van der Waals surface area contributed by atoms with E-state index in [1.165, 1.54) is 6.26 Å². The zero-order valence-corrected chi connectivity index (χ0v) is 12.9. The number of urea groups is 1. The lowest BCUT2D eigenvalue weighted by Gasteiger charge is -2.21. The lowest BCUT2D eigenvalue weighted by atomic mass is 10.0. The van der Waals surface area contributed by atoms with Gasteiger partial charge in [-0.3, -0.25) is 0 Å². The highest BCUT2D eigenvalue weighted by Crippen LogP contribution is 2.19. The molecule has 0 spiro atoms. The van der Waals surface area contributed by atoms with Gasteiger partial charge in [-0.05, 0) is 25.0 Å². The van der Waals surface area contributed by atoms with Crippen LogP contribution in [0.2, 0.25) is 0 Å². The summed E-state index contributed by atoms with van der Waals surface area (Å²) in [5.74, 6) is 1.25. The lowest BCUT2D eigenvalue weighted by Crippen LogP contribution is -2.43. The quantitative estimate of drug-likeness (QED) is 0.758. The van der Waals surface area contributed by atoms with Crippen LogP contribution >= 0.6 is 0 Å². The van der Waals surface area contributed by atoms with Crippen LogP contribution in [-0.2, 0) is 12.1 Å². The Morgan fingerprint density at radius 1 is 1.45 bits per heavy atom. The summed E-state index contributed by atoms with van der Waals surface area (Å²) in [4.78, 5) is 11.7. The first-order chi connectivity index (χ1) is 10.4. The highest BCUT2D eigenvalue weighted by atomic mass is 16.5. The van der Waals surface area contributed by atoms with E-state index in [0.29, 0.717) is 11.5 Å². The third-order valence-corrected chi connectivity index (χ3v) is 3.24. The van der Waals surface area contributed by atoms with Crippen LogP contribution in [0.4, 0.5) is 4.79 Å². The number of aromatic nitrogens is 1. The van der Waals surface area contributed by atoms with E-state index in [1.807, 2.05) is 19.9 Å². The van der Waals surface area contributed by atoms with E-state index in [9.17, 15) is 9.90 Å². The molecule has 0 saturated heterocycles. The van der Waals surface area contributed by atoms with Crippen LogP contribution in [0, 0.1) is 0 Å². The molecule has 1 unspecified atom stereocenters. The molecule has 0 radical (unpaired) electrons. The Morgan fingerprint density at radius 3 is 2.82 bits per heavy atom. The lowest BCUT2D eigenvalue weighted by molar-refractivity contribution is 0.0367. The molecule has 7 heteroatoms. The number of nitrogens with one attached hydrogen (secondary N) is 2. The van der Waals surface area contributed by atoms with Gasteiger partial charge in [0.15, 0.2) is 5.76 Å². The molecular weight excluding hydrogens is 286 g/mol. The minimum atomic E-state index is -1.27. The van der Waals surface area contributed by atoms with Crippen molar-refractivity contribution < 1.29 is 18.8 Å². The van der Waals surface area contributed by atoms with E-state index in [1.54, 1.807) is 19.1 Å². The molecule has 0 aliphatic carbocycles. The summed E-state index contributed by atoms with van der Waals surface area (Å²) >= 11 is 0. The first kappa shape index (κ1) is 16.1. The monoisotopic (exact) mass is 307 g/mol. The fourth-order valence-corrected chi connectivity index (χ4v) is 1.84. The van der Waals surface area contributed by atoms with Crippen molar-refractivity contribution >= 4 is 6.03 Å². The van der Waals surface area contributed by atoms with Crippen molar-refractivity contribution in [3.05, 3.63) is 41.7 Å². The van der Waals surface area contributed by atoms with Gasteiger partial charge in [-0.1, -0.05) is 19.0 Å². The summed E-state index contributed by atoms with van der Waals surface area (Å²) in [5.41, 5.74) is -0.421. The van der Waals surface area contributed by atoms with Gasteiger partial charge in [0.25, 0.3) is 0 Å². The SMILES string of the molecule is CC(C)c1cc(CNC(=O)NCC(C)(O)c2ccco2)on1. The molecule has 0 aromatic carbocycles. The molecule has 2 aromatic heterocycles. The normalized spacial score (nSPS) is 13.9. The summed E-state index contributed by atoms with van der Waals surface area (Å²) in [5, 5.41) is 19.4. The zero-order valence-electron chi connectivity index (χ0n) is 12.9. The third kappa shape index (κ3) is 4.11. The Labute approximate surface area is 128 Å². The molecule has 120 valence electrons. The molecule has 0 saturated carbocycles. The second-order valence-corrected chi connectivity index (χ2v) is 5.66. The van der Waals surface area contributed by atoms with Crippen LogP contribution in [0.3, 0.4) is 0 Å². The van der Waals surface area contributed by atoms with Gasteiger partial charge in [-0.2, -0.15) is 0 Å². The Bertz CT molecular complexity index is 602. The Hall–Kier alpha value is -2.28.